The zero-order valence-corrected chi connectivity index (χ0v) is 9.79. The Morgan fingerprint density at radius 1 is 1.47 bits per heavy atom. The highest BCUT2D eigenvalue weighted by Crippen LogP contribution is 2.33. The van der Waals surface area contributed by atoms with Gasteiger partial charge in [0.1, 0.15) is 5.82 Å². The summed E-state index contributed by atoms with van der Waals surface area (Å²) >= 11 is 6.08. The molecular formula is C12H15ClFN. The Morgan fingerprint density at radius 3 is 2.80 bits per heavy atom. The van der Waals surface area contributed by atoms with Gasteiger partial charge < -0.3 is 5.32 Å². The summed E-state index contributed by atoms with van der Waals surface area (Å²) in [4.78, 5) is 0. The molecule has 1 saturated heterocycles. The van der Waals surface area contributed by atoms with Gasteiger partial charge in [0.05, 0.1) is 0 Å². The van der Waals surface area contributed by atoms with Crippen molar-refractivity contribution in [3.8, 4) is 0 Å². The minimum absolute atomic E-state index is 0.0781. The lowest BCUT2D eigenvalue weighted by atomic mass is 9.92. The van der Waals surface area contributed by atoms with Gasteiger partial charge >= 0.3 is 0 Å². The highest BCUT2D eigenvalue weighted by molar-refractivity contribution is 6.31. The SMILES string of the molecule is Cc1cc(Cl)c(C)c(C2CCNC2)c1F. The molecule has 82 valence electrons. The van der Waals surface area contributed by atoms with Crippen molar-refractivity contribution in [2.24, 2.45) is 0 Å². The third-order valence-electron chi connectivity index (χ3n) is 3.16. The number of hydrogen-bond donors (Lipinski definition) is 1. The zero-order chi connectivity index (χ0) is 11.0. The molecule has 1 atom stereocenters. The molecule has 0 aromatic heterocycles. The molecule has 1 N–H and O–H groups in total. The van der Waals surface area contributed by atoms with Crippen molar-refractivity contribution in [2.75, 3.05) is 13.1 Å². The third kappa shape index (κ3) is 1.88. The fraction of sp³-hybridized carbons (Fsp3) is 0.500. The second-order valence-electron chi connectivity index (χ2n) is 4.22. The molecule has 15 heavy (non-hydrogen) atoms. The summed E-state index contributed by atoms with van der Waals surface area (Å²) in [6.07, 6.45) is 0.998. The van der Waals surface area contributed by atoms with Crippen molar-refractivity contribution in [1.82, 2.24) is 5.32 Å². The van der Waals surface area contributed by atoms with Crippen molar-refractivity contribution >= 4 is 11.6 Å². The predicted molar refractivity (Wildman–Crippen MR) is 61.1 cm³/mol. The minimum atomic E-state index is -0.0781. The summed E-state index contributed by atoms with van der Waals surface area (Å²) in [5, 5.41) is 3.93. The molecule has 0 bridgehead atoms. The van der Waals surface area contributed by atoms with Crippen LogP contribution in [0.4, 0.5) is 4.39 Å². The molecule has 0 spiro atoms. The molecule has 2 rings (SSSR count). The van der Waals surface area contributed by atoms with Crippen LogP contribution in [0, 0.1) is 19.7 Å². The summed E-state index contributed by atoms with van der Waals surface area (Å²) in [5.74, 6) is 0.202. The highest BCUT2D eigenvalue weighted by atomic mass is 35.5. The van der Waals surface area contributed by atoms with E-state index in [1.807, 2.05) is 6.92 Å². The molecule has 1 heterocycles. The second-order valence-corrected chi connectivity index (χ2v) is 4.62. The maximum atomic E-state index is 14.0. The summed E-state index contributed by atoms with van der Waals surface area (Å²) < 4.78 is 14.0. The lowest BCUT2D eigenvalue weighted by molar-refractivity contribution is 0.577. The van der Waals surface area contributed by atoms with Crippen LogP contribution < -0.4 is 5.32 Å². The molecule has 1 aliphatic heterocycles. The molecule has 0 amide bonds. The smallest absolute Gasteiger partial charge is 0.130 e. The van der Waals surface area contributed by atoms with Crippen LogP contribution in [0.5, 0.6) is 0 Å². The molecule has 1 aromatic carbocycles. The van der Waals surface area contributed by atoms with Crippen molar-refractivity contribution in [2.45, 2.75) is 26.2 Å². The van der Waals surface area contributed by atoms with E-state index in [1.165, 1.54) is 0 Å². The van der Waals surface area contributed by atoms with Crippen LogP contribution in [-0.2, 0) is 0 Å². The number of nitrogens with one attached hydrogen (secondary N) is 1. The van der Waals surface area contributed by atoms with Crippen molar-refractivity contribution in [3.05, 3.63) is 33.6 Å². The van der Waals surface area contributed by atoms with Gasteiger partial charge in [-0.3, -0.25) is 0 Å². The first-order chi connectivity index (χ1) is 7.11. The molecule has 0 aliphatic carbocycles. The monoisotopic (exact) mass is 227 g/mol. The van der Waals surface area contributed by atoms with Crippen LogP contribution in [-0.4, -0.2) is 13.1 Å². The summed E-state index contributed by atoms with van der Waals surface area (Å²) in [5.41, 5.74) is 2.35. The first-order valence-electron chi connectivity index (χ1n) is 5.27. The fourth-order valence-electron chi connectivity index (χ4n) is 2.25. The van der Waals surface area contributed by atoms with Gasteiger partial charge in [-0.15, -0.1) is 0 Å². The summed E-state index contributed by atoms with van der Waals surface area (Å²) in [7, 11) is 0. The van der Waals surface area contributed by atoms with Gasteiger partial charge in [-0.25, -0.2) is 4.39 Å². The van der Waals surface area contributed by atoms with E-state index in [0.29, 0.717) is 10.6 Å². The molecule has 1 fully saturated rings. The zero-order valence-electron chi connectivity index (χ0n) is 9.03. The lowest BCUT2D eigenvalue weighted by Crippen LogP contribution is -2.11. The van der Waals surface area contributed by atoms with E-state index in [4.69, 9.17) is 11.6 Å². The Morgan fingerprint density at radius 2 is 2.20 bits per heavy atom. The molecule has 0 radical (unpaired) electrons. The predicted octanol–water partition coefficient (Wildman–Crippen LogP) is 3.17. The van der Waals surface area contributed by atoms with Gasteiger partial charge in [-0.1, -0.05) is 11.6 Å². The number of rotatable bonds is 1. The average Bonchev–Trinajstić information content (AvgIpc) is 2.69. The van der Waals surface area contributed by atoms with E-state index in [2.05, 4.69) is 5.32 Å². The van der Waals surface area contributed by atoms with Crippen LogP contribution >= 0.6 is 11.6 Å². The number of benzene rings is 1. The van der Waals surface area contributed by atoms with E-state index in [0.717, 1.165) is 30.6 Å². The van der Waals surface area contributed by atoms with Gasteiger partial charge in [-0.2, -0.15) is 0 Å². The Bertz CT molecular complexity index is 357. The van der Waals surface area contributed by atoms with Crippen molar-refractivity contribution in [3.63, 3.8) is 0 Å². The fourth-order valence-corrected chi connectivity index (χ4v) is 2.52. The maximum absolute atomic E-state index is 14.0. The first kappa shape index (κ1) is 10.9. The topological polar surface area (TPSA) is 12.0 Å². The maximum Gasteiger partial charge on any atom is 0.130 e. The lowest BCUT2D eigenvalue weighted by Gasteiger charge is -2.16. The second kappa shape index (κ2) is 4.11. The largest absolute Gasteiger partial charge is 0.316 e. The quantitative estimate of drug-likeness (QED) is 0.777. The van der Waals surface area contributed by atoms with Crippen LogP contribution in [0.2, 0.25) is 5.02 Å². The van der Waals surface area contributed by atoms with E-state index >= 15 is 0 Å². The number of halogens is 2. The van der Waals surface area contributed by atoms with Crippen LogP contribution in [0.25, 0.3) is 0 Å². The standard InChI is InChI=1S/C12H15ClFN/c1-7-5-10(13)8(2)11(12(7)14)9-3-4-15-6-9/h5,9,15H,3-4,6H2,1-2H3. The van der Waals surface area contributed by atoms with Crippen LogP contribution in [0.1, 0.15) is 29.0 Å². The highest BCUT2D eigenvalue weighted by Gasteiger charge is 2.24. The minimum Gasteiger partial charge on any atom is -0.316 e. The molecule has 3 heteroatoms. The average molecular weight is 228 g/mol. The van der Waals surface area contributed by atoms with E-state index < -0.39 is 0 Å². The Balaban J connectivity index is 2.52. The van der Waals surface area contributed by atoms with Gasteiger partial charge in [-0.05, 0) is 49.6 Å². The van der Waals surface area contributed by atoms with E-state index in [-0.39, 0.29) is 11.7 Å². The van der Waals surface area contributed by atoms with E-state index in [9.17, 15) is 4.39 Å². The Hall–Kier alpha value is -0.600. The molecule has 1 aromatic rings. The third-order valence-corrected chi connectivity index (χ3v) is 3.55. The normalized spacial score (nSPS) is 20.9. The van der Waals surface area contributed by atoms with Crippen molar-refractivity contribution in [1.29, 1.82) is 0 Å². The van der Waals surface area contributed by atoms with Gasteiger partial charge in [0, 0.05) is 17.5 Å². The number of hydrogen-bond acceptors (Lipinski definition) is 1. The summed E-state index contributed by atoms with van der Waals surface area (Å²) in [6.45, 7) is 5.50. The van der Waals surface area contributed by atoms with Crippen molar-refractivity contribution < 1.29 is 4.39 Å². The van der Waals surface area contributed by atoms with Gasteiger partial charge in [0.15, 0.2) is 0 Å². The molecule has 1 unspecified atom stereocenters. The Labute approximate surface area is 94.6 Å². The molecular weight excluding hydrogens is 213 g/mol. The summed E-state index contributed by atoms with van der Waals surface area (Å²) in [6, 6.07) is 1.71. The molecule has 1 aliphatic rings. The van der Waals surface area contributed by atoms with Gasteiger partial charge in [0.25, 0.3) is 0 Å². The van der Waals surface area contributed by atoms with E-state index in [1.54, 1.807) is 13.0 Å². The van der Waals surface area contributed by atoms with Gasteiger partial charge in [0.2, 0.25) is 0 Å². The van der Waals surface area contributed by atoms with Crippen LogP contribution in [0.15, 0.2) is 6.07 Å². The van der Waals surface area contributed by atoms with Crippen LogP contribution in [0.3, 0.4) is 0 Å². The Kier molecular flexibility index (Phi) is 2.98. The molecule has 1 nitrogen and oxygen atoms in total. The first-order valence-corrected chi connectivity index (χ1v) is 5.65. The molecule has 0 saturated carbocycles. The number of aryl methyl sites for hydroxylation is 1.